The largest absolute Gasteiger partial charge is 0.355 e. The Morgan fingerprint density at radius 2 is 2.18 bits per heavy atom. The number of benzene rings is 1. The van der Waals surface area contributed by atoms with E-state index in [0.29, 0.717) is 32.0 Å². The lowest BCUT2D eigenvalue weighted by Gasteiger charge is -2.15. The minimum atomic E-state index is -3.10. The summed E-state index contributed by atoms with van der Waals surface area (Å²) in [6, 6.07) is 8.28. The molecule has 1 saturated heterocycles. The number of nitrogens with zero attached hydrogens (tertiary/aromatic N) is 1. The first-order valence-electron chi connectivity index (χ1n) is 7.52. The van der Waals surface area contributed by atoms with Gasteiger partial charge in [-0.3, -0.25) is 4.79 Å². The number of hydrogen-bond acceptors (Lipinski definition) is 4. The highest BCUT2D eigenvalue weighted by Gasteiger charge is 2.28. The Kier molecular flexibility index (Phi) is 4.75. The lowest BCUT2D eigenvalue weighted by atomic mass is 10.0. The highest BCUT2D eigenvalue weighted by atomic mass is 32.2. The number of rotatable bonds is 5. The van der Waals surface area contributed by atoms with E-state index >= 15 is 0 Å². The highest BCUT2D eigenvalue weighted by molar-refractivity contribution is 7.99. The van der Waals surface area contributed by atoms with Crippen molar-refractivity contribution in [3.63, 3.8) is 0 Å². The summed E-state index contributed by atoms with van der Waals surface area (Å²) in [6.45, 7) is 1.46. The van der Waals surface area contributed by atoms with Gasteiger partial charge in [0.2, 0.25) is 15.9 Å². The van der Waals surface area contributed by atoms with E-state index in [1.54, 1.807) is 0 Å². The minimum absolute atomic E-state index is 0.0727. The zero-order valence-corrected chi connectivity index (χ0v) is 14.0. The highest BCUT2D eigenvalue weighted by Crippen LogP contribution is 2.38. The van der Waals surface area contributed by atoms with E-state index in [4.69, 9.17) is 0 Å². The number of fused-ring (bicyclic) bond motifs is 1. The van der Waals surface area contributed by atoms with Crippen LogP contribution in [0, 0.1) is 0 Å². The molecule has 1 fully saturated rings. The fourth-order valence-electron chi connectivity index (χ4n) is 2.89. The van der Waals surface area contributed by atoms with Gasteiger partial charge in [0.25, 0.3) is 0 Å². The molecule has 0 bridgehead atoms. The summed E-state index contributed by atoms with van der Waals surface area (Å²) in [6.07, 6.45) is 0.904. The van der Waals surface area contributed by atoms with Crippen molar-refractivity contribution in [2.75, 3.05) is 31.1 Å². The van der Waals surface area contributed by atoms with E-state index in [2.05, 4.69) is 17.4 Å². The quantitative estimate of drug-likeness (QED) is 0.880. The lowest BCUT2D eigenvalue weighted by Crippen LogP contribution is -2.33. The van der Waals surface area contributed by atoms with E-state index in [1.807, 2.05) is 23.9 Å². The fourth-order valence-corrected chi connectivity index (χ4v) is 5.68. The van der Waals surface area contributed by atoms with Crippen LogP contribution in [0.15, 0.2) is 29.2 Å². The van der Waals surface area contributed by atoms with Gasteiger partial charge in [-0.15, -0.1) is 11.8 Å². The van der Waals surface area contributed by atoms with Gasteiger partial charge < -0.3 is 5.32 Å². The first-order chi connectivity index (χ1) is 10.6. The van der Waals surface area contributed by atoms with Crippen molar-refractivity contribution in [2.45, 2.75) is 23.7 Å². The summed E-state index contributed by atoms with van der Waals surface area (Å²) in [4.78, 5) is 13.2. The predicted molar refractivity (Wildman–Crippen MR) is 87.5 cm³/mol. The molecule has 0 aliphatic carbocycles. The third-order valence-electron chi connectivity index (χ3n) is 4.14. The van der Waals surface area contributed by atoms with Crippen LogP contribution >= 0.6 is 11.8 Å². The summed E-state index contributed by atoms with van der Waals surface area (Å²) in [5.41, 5.74) is 1.30. The Labute approximate surface area is 135 Å². The molecule has 0 spiro atoms. The van der Waals surface area contributed by atoms with Crippen LogP contribution < -0.4 is 5.32 Å². The molecule has 120 valence electrons. The number of nitrogens with one attached hydrogen (secondary N) is 1. The second-order valence-corrected chi connectivity index (χ2v) is 8.82. The van der Waals surface area contributed by atoms with E-state index < -0.39 is 10.0 Å². The van der Waals surface area contributed by atoms with Crippen molar-refractivity contribution in [1.29, 1.82) is 0 Å². The van der Waals surface area contributed by atoms with Crippen molar-refractivity contribution in [2.24, 2.45) is 0 Å². The summed E-state index contributed by atoms with van der Waals surface area (Å²) in [7, 11) is -3.10. The van der Waals surface area contributed by atoms with Gasteiger partial charge in [-0.2, -0.15) is 0 Å². The van der Waals surface area contributed by atoms with Crippen LogP contribution in [0.5, 0.6) is 0 Å². The maximum Gasteiger partial charge on any atom is 0.221 e. The van der Waals surface area contributed by atoms with Gasteiger partial charge in [0.1, 0.15) is 0 Å². The molecular formula is C15H20N2O3S2. The standard InChI is InChI=1S/C15H20N2O3S2/c18-15(6-8-17-7-3-9-22(17,19)20)16-10-12-11-21-14-5-2-1-4-13(12)14/h1-2,4-5,12H,3,6-11H2,(H,16,18). The number of sulfonamides is 1. The van der Waals surface area contributed by atoms with Crippen molar-refractivity contribution >= 4 is 27.7 Å². The normalized spacial score (nSPS) is 23.4. The van der Waals surface area contributed by atoms with Gasteiger partial charge in [0.05, 0.1) is 5.75 Å². The van der Waals surface area contributed by atoms with E-state index in [-0.39, 0.29) is 18.1 Å². The molecule has 5 nitrogen and oxygen atoms in total. The SMILES string of the molecule is O=C(CCN1CCCS1(=O)=O)NCC1CSc2ccccc21. The Hall–Kier alpha value is -1.05. The summed E-state index contributed by atoms with van der Waals surface area (Å²) in [5.74, 6) is 1.47. The molecular weight excluding hydrogens is 320 g/mol. The molecule has 0 radical (unpaired) electrons. The third kappa shape index (κ3) is 3.47. The van der Waals surface area contributed by atoms with Gasteiger partial charge in [-0.1, -0.05) is 18.2 Å². The number of amides is 1. The smallest absolute Gasteiger partial charge is 0.221 e. The predicted octanol–water partition coefficient (Wildman–Crippen LogP) is 1.42. The zero-order valence-electron chi connectivity index (χ0n) is 12.3. The molecule has 1 aromatic rings. The third-order valence-corrected chi connectivity index (χ3v) is 7.34. The second-order valence-electron chi connectivity index (χ2n) is 5.67. The molecule has 2 heterocycles. The summed E-state index contributed by atoms with van der Waals surface area (Å²) in [5, 5.41) is 2.94. The fraction of sp³-hybridized carbons (Fsp3) is 0.533. The first kappa shape index (κ1) is 15.8. The van der Waals surface area contributed by atoms with Gasteiger partial charge in [0, 0.05) is 42.6 Å². The molecule has 1 N–H and O–H groups in total. The second kappa shape index (κ2) is 6.60. The van der Waals surface area contributed by atoms with Crippen LogP contribution in [-0.4, -0.2) is 49.8 Å². The zero-order chi connectivity index (χ0) is 15.6. The molecule has 2 aliphatic rings. The molecule has 1 amide bonds. The summed E-state index contributed by atoms with van der Waals surface area (Å²) >= 11 is 1.82. The van der Waals surface area contributed by atoms with Gasteiger partial charge in [0.15, 0.2) is 0 Å². The van der Waals surface area contributed by atoms with Crippen LogP contribution in [0.2, 0.25) is 0 Å². The number of carbonyl (C=O) groups is 1. The van der Waals surface area contributed by atoms with Crippen molar-refractivity contribution in [3.8, 4) is 0 Å². The molecule has 2 aliphatic heterocycles. The van der Waals surface area contributed by atoms with Crippen LogP contribution in [0.25, 0.3) is 0 Å². The molecule has 1 aromatic carbocycles. The van der Waals surface area contributed by atoms with E-state index in [9.17, 15) is 13.2 Å². The van der Waals surface area contributed by atoms with Crippen molar-refractivity contribution in [3.05, 3.63) is 29.8 Å². The molecule has 3 rings (SSSR count). The van der Waals surface area contributed by atoms with Crippen molar-refractivity contribution < 1.29 is 13.2 Å². The minimum Gasteiger partial charge on any atom is -0.355 e. The Morgan fingerprint density at radius 3 is 2.95 bits per heavy atom. The van der Waals surface area contributed by atoms with Crippen LogP contribution in [0.4, 0.5) is 0 Å². The maximum absolute atomic E-state index is 11.9. The lowest BCUT2D eigenvalue weighted by molar-refractivity contribution is -0.121. The molecule has 7 heteroatoms. The molecule has 0 saturated carbocycles. The molecule has 22 heavy (non-hydrogen) atoms. The topological polar surface area (TPSA) is 66.5 Å². The number of thioether (sulfide) groups is 1. The van der Waals surface area contributed by atoms with Crippen LogP contribution in [-0.2, 0) is 14.8 Å². The van der Waals surface area contributed by atoms with Crippen LogP contribution in [0.3, 0.4) is 0 Å². The number of hydrogen-bond donors (Lipinski definition) is 1. The number of carbonyl (C=O) groups excluding carboxylic acids is 1. The molecule has 1 atom stereocenters. The molecule has 0 aromatic heterocycles. The van der Waals surface area contributed by atoms with Gasteiger partial charge >= 0.3 is 0 Å². The van der Waals surface area contributed by atoms with Gasteiger partial charge in [-0.25, -0.2) is 12.7 Å². The summed E-state index contributed by atoms with van der Waals surface area (Å²) < 4.78 is 24.8. The Balaban J connectivity index is 1.46. The van der Waals surface area contributed by atoms with E-state index in [1.165, 1.54) is 14.8 Å². The van der Waals surface area contributed by atoms with E-state index in [0.717, 1.165) is 5.75 Å². The maximum atomic E-state index is 11.9. The first-order valence-corrected chi connectivity index (χ1v) is 10.1. The molecule has 1 unspecified atom stereocenters. The Bertz CT molecular complexity index is 661. The Morgan fingerprint density at radius 1 is 1.36 bits per heavy atom. The van der Waals surface area contributed by atoms with Gasteiger partial charge in [-0.05, 0) is 18.1 Å². The van der Waals surface area contributed by atoms with Crippen molar-refractivity contribution in [1.82, 2.24) is 9.62 Å². The monoisotopic (exact) mass is 340 g/mol. The van der Waals surface area contributed by atoms with Crippen LogP contribution in [0.1, 0.15) is 24.3 Å². The average molecular weight is 340 g/mol. The average Bonchev–Trinajstić information content (AvgIpc) is 3.06.